The molecule has 1 saturated heterocycles. The molecule has 3 aliphatic carbocycles. The van der Waals surface area contributed by atoms with Crippen LogP contribution in [0, 0.1) is 45.3 Å². The summed E-state index contributed by atoms with van der Waals surface area (Å²) in [5, 5.41) is 3.32. The van der Waals surface area contributed by atoms with Crippen LogP contribution in [0.1, 0.15) is 100 Å². The van der Waals surface area contributed by atoms with E-state index in [2.05, 4.69) is 90.9 Å². The second kappa shape index (κ2) is 10.3. The van der Waals surface area contributed by atoms with Crippen LogP contribution in [0.4, 0.5) is 0 Å². The third-order valence-corrected chi connectivity index (χ3v) is 10.7. The van der Waals surface area contributed by atoms with Crippen LogP contribution in [-0.4, -0.2) is 36.7 Å². The molecule has 6 atom stereocenters. The van der Waals surface area contributed by atoms with E-state index >= 15 is 0 Å². The number of carbonyl (C=O) groups is 2. The molecule has 0 bridgehead atoms. The molecule has 1 N–H and O–H groups in total. The molecule has 1 amide bonds. The first-order valence-electron chi connectivity index (χ1n) is 15.2. The maximum Gasteiger partial charge on any atom is 0.223 e. The Morgan fingerprint density at radius 2 is 1.79 bits per heavy atom. The topological polar surface area (TPSA) is 49.4 Å². The molecule has 2 saturated carbocycles. The summed E-state index contributed by atoms with van der Waals surface area (Å²) in [5.74, 6) is 2.43. The van der Waals surface area contributed by atoms with Crippen molar-refractivity contribution in [3.05, 3.63) is 35.6 Å². The van der Waals surface area contributed by atoms with Gasteiger partial charge in [-0.05, 0) is 78.1 Å². The van der Waals surface area contributed by atoms with Gasteiger partial charge < -0.3 is 10.2 Å². The van der Waals surface area contributed by atoms with E-state index in [4.69, 9.17) is 0 Å². The van der Waals surface area contributed by atoms with Crippen LogP contribution in [0.3, 0.4) is 0 Å². The number of fused-ring (bicyclic) bond motifs is 5. The van der Waals surface area contributed by atoms with Crippen molar-refractivity contribution in [2.45, 2.75) is 100 Å². The zero-order valence-electron chi connectivity index (χ0n) is 25.7. The first-order chi connectivity index (χ1) is 17.6. The minimum absolute atomic E-state index is 0.0437. The molecule has 38 heavy (non-hydrogen) atoms. The highest BCUT2D eigenvalue weighted by atomic mass is 16.2. The highest BCUT2D eigenvalue weighted by molar-refractivity contribution is 5.91. The number of nitrogens with zero attached hydrogens (tertiary/aromatic N) is 1. The summed E-state index contributed by atoms with van der Waals surface area (Å²) >= 11 is 0. The van der Waals surface area contributed by atoms with Crippen LogP contribution in [0.15, 0.2) is 35.6 Å². The third-order valence-electron chi connectivity index (χ3n) is 10.7. The minimum Gasteiger partial charge on any atom is -0.377 e. The van der Waals surface area contributed by atoms with Gasteiger partial charge in [-0.15, -0.1) is 0 Å². The van der Waals surface area contributed by atoms with Crippen LogP contribution in [0.2, 0.25) is 0 Å². The fourth-order valence-electron chi connectivity index (χ4n) is 8.55. The number of carbonyl (C=O) groups excluding carboxylic acids is 2. The molecule has 0 aromatic carbocycles. The maximum atomic E-state index is 13.6. The van der Waals surface area contributed by atoms with Crippen LogP contribution < -0.4 is 5.32 Å². The van der Waals surface area contributed by atoms with E-state index in [-0.39, 0.29) is 39.3 Å². The molecule has 0 radical (unpaired) electrons. The van der Waals surface area contributed by atoms with Crippen LogP contribution in [-0.2, 0) is 9.59 Å². The van der Waals surface area contributed by atoms with Crippen molar-refractivity contribution < 1.29 is 9.59 Å². The second-order valence-electron chi connectivity index (χ2n) is 15.7. The van der Waals surface area contributed by atoms with Gasteiger partial charge in [0, 0.05) is 49.7 Å². The summed E-state index contributed by atoms with van der Waals surface area (Å²) in [7, 11) is 2.18. The van der Waals surface area contributed by atoms with Crippen LogP contribution in [0.5, 0.6) is 0 Å². The maximum absolute atomic E-state index is 13.6. The molecule has 1 aliphatic heterocycles. The summed E-state index contributed by atoms with van der Waals surface area (Å²) in [6.45, 7) is 20.0. The van der Waals surface area contributed by atoms with Crippen molar-refractivity contribution in [1.29, 1.82) is 0 Å². The van der Waals surface area contributed by atoms with Gasteiger partial charge in [-0.2, -0.15) is 0 Å². The molecular weight excluding hydrogens is 468 g/mol. The van der Waals surface area contributed by atoms with Crippen molar-refractivity contribution >= 4 is 11.7 Å². The van der Waals surface area contributed by atoms with Crippen molar-refractivity contribution in [3.63, 3.8) is 0 Å². The van der Waals surface area contributed by atoms with E-state index in [1.165, 1.54) is 17.7 Å². The number of hydrogen-bond acceptors (Lipinski definition) is 3. The Hall–Kier alpha value is -1.84. The quantitative estimate of drug-likeness (QED) is 0.385. The lowest BCUT2D eigenvalue weighted by Crippen LogP contribution is -2.57. The van der Waals surface area contributed by atoms with Gasteiger partial charge in [0.05, 0.1) is 0 Å². The molecule has 4 rings (SSSR count). The normalized spacial score (nSPS) is 36.0. The molecule has 1 heterocycles. The Bertz CT molecular complexity index is 1020. The summed E-state index contributed by atoms with van der Waals surface area (Å²) < 4.78 is 0. The number of nitrogens with one attached hydrogen (secondary N) is 1. The van der Waals surface area contributed by atoms with E-state index in [0.717, 1.165) is 38.6 Å². The number of amides is 1. The third kappa shape index (κ3) is 5.56. The van der Waals surface area contributed by atoms with Gasteiger partial charge in [0.15, 0.2) is 5.78 Å². The van der Waals surface area contributed by atoms with Crippen molar-refractivity contribution in [2.75, 3.05) is 20.1 Å². The molecule has 0 spiro atoms. The Labute approximate surface area is 232 Å². The smallest absolute Gasteiger partial charge is 0.223 e. The first kappa shape index (κ1) is 29.2. The molecule has 4 nitrogen and oxygen atoms in total. The van der Waals surface area contributed by atoms with Crippen molar-refractivity contribution in [2.24, 2.45) is 45.3 Å². The van der Waals surface area contributed by atoms with E-state index in [9.17, 15) is 9.59 Å². The highest BCUT2D eigenvalue weighted by Gasteiger charge is 2.61. The average Bonchev–Trinajstić information content (AvgIpc) is 3.15. The van der Waals surface area contributed by atoms with Crippen molar-refractivity contribution in [3.8, 4) is 0 Å². The van der Waals surface area contributed by atoms with Gasteiger partial charge in [0.1, 0.15) is 0 Å². The Kier molecular flexibility index (Phi) is 7.89. The Balaban J connectivity index is 1.45. The lowest BCUT2D eigenvalue weighted by atomic mass is 9.49. The van der Waals surface area contributed by atoms with Crippen molar-refractivity contribution in [1.82, 2.24) is 10.2 Å². The molecular formula is C34H54N2O2. The van der Waals surface area contributed by atoms with Gasteiger partial charge in [-0.1, -0.05) is 73.6 Å². The number of likely N-dealkylation sites (tertiary alicyclic amines) is 1. The van der Waals surface area contributed by atoms with Gasteiger partial charge in [0.2, 0.25) is 5.91 Å². The SMILES string of the molecule is CN1CC2C(CC[C@@]3(C)C2CC[C@@H]3C(=O)NC/C=C(\C=C/CC(C)(C)C)C(C)(C)C)[C@@]2(C)CCC(=O)C=C12. The number of allylic oxidation sites excluding steroid dienone is 5. The van der Waals surface area contributed by atoms with Crippen LogP contribution >= 0.6 is 0 Å². The van der Waals surface area contributed by atoms with E-state index in [1.807, 2.05) is 6.08 Å². The molecule has 0 aromatic heterocycles. The monoisotopic (exact) mass is 522 g/mol. The molecule has 3 unspecified atom stereocenters. The van der Waals surface area contributed by atoms with Gasteiger partial charge in [-0.25, -0.2) is 0 Å². The number of rotatable bonds is 5. The summed E-state index contributed by atoms with van der Waals surface area (Å²) in [4.78, 5) is 28.2. The number of hydrogen-bond donors (Lipinski definition) is 1. The Morgan fingerprint density at radius 1 is 1.08 bits per heavy atom. The Morgan fingerprint density at radius 3 is 2.45 bits per heavy atom. The predicted octanol–water partition coefficient (Wildman–Crippen LogP) is 7.32. The zero-order chi connectivity index (χ0) is 28.1. The fourth-order valence-corrected chi connectivity index (χ4v) is 8.55. The van der Waals surface area contributed by atoms with Gasteiger partial charge in [0.25, 0.3) is 0 Å². The van der Waals surface area contributed by atoms with E-state index in [0.29, 0.717) is 30.7 Å². The zero-order valence-corrected chi connectivity index (χ0v) is 25.7. The molecule has 4 aliphatic rings. The predicted molar refractivity (Wildman–Crippen MR) is 157 cm³/mol. The largest absolute Gasteiger partial charge is 0.377 e. The number of piperidine rings is 1. The molecule has 212 valence electrons. The van der Waals surface area contributed by atoms with E-state index < -0.39 is 0 Å². The molecule has 4 heteroatoms. The van der Waals surface area contributed by atoms with Gasteiger partial charge in [-0.3, -0.25) is 9.59 Å². The summed E-state index contributed by atoms with van der Waals surface area (Å²) in [5.41, 5.74) is 3.04. The van der Waals surface area contributed by atoms with E-state index in [1.54, 1.807) is 0 Å². The average molecular weight is 523 g/mol. The lowest BCUT2D eigenvalue weighted by molar-refractivity contribution is -0.133. The highest BCUT2D eigenvalue weighted by Crippen LogP contribution is 2.65. The lowest BCUT2D eigenvalue weighted by Gasteiger charge is -2.60. The van der Waals surface area contributed by atoms with Gasteiger partial charge >= 0.3 is 0 Å². The first-order valence-corrected chi connectivity index (χ1v) is 15.2. The molecule has 3 fully saturated rings. The number of ketones is 1. The standard InChI is InChI=1S/C34H54N2O2/c1-31(2,3)17-10-11-23(32(4,5)6)16-20-35-30(38)28-13-12-26-25-22-36(9)29-21-24(37)14-18-34(29,8)27(25)15-19-33(26,28)7/h10-11,16,21,25-28H,12-15,17-20,22H2,1-9H3,(H,35,38)/b11-10-,23-16+/t25?,26?,27?,28-,33+,34-/m1/s1. The minimum atomic E-state index is 0.0437. The second-order valence-corrected chi connectivity index (χ2v) is 15.7. The summed E-state index contributed by atoms with van der Waals surface area (Å²) in [6.07, 6.45) is 15.8. The molecule has 0 aromatic rings. The van der Waals surface area contributed by atoms with Crippen LogP contribution in [0.25, 0.3) is 0 Å². The summed E-state index contributed by atoms with van der Waals surface area (Å²) in [6, 6.07) is 0. The fraction of sp³-hybridized carbons (Fsp3) is 0.765.